The van der Waals surface area contributed by atoms with Crippen LogP contribution >= 0.6 is 0 Å². The number of rotatable bonds is 4. The Morgan fingerprint density at radius 1 is 0.963 bits per heavy atom. The number of nitrogens with two attached hydrogens (primary N) is 1. The second-order valence-corrected chi connectivity index (χ2v) is 6.32. The van der Waals surface area contributed by atoms with E-state index < -0.39 is 5.91 Å². The van der Waals surface area contributed by atoms with Crippen molar-refractivity contribution >= 4 is 17.3 Å². The average molecular weight is 354 g/mol. The lowest BCUT2D eigenvalue weighted by Crippen LogP contribution is -2.19. The molecule has 0 aliphatic rings. The van der Waals surface area contributed by atoms with Gasteiger partial charge in [-0.05, 0) is 30.5 Å². The molecular formula is C22H18N4O. The van der Waals surface area contributed by atoms with Crippen molar-refractivity contribution in [2.24, 2.45) is 5.73 Å². The van der Waals surface area contributed by atoms with Crippen LogP contribution in [0.25, 0.3) is 20.8 Å². The average Bonchev–Trinajstić information content (AvgIpc) is 2.92. The summed E-state index contributed by atoms with van der Waals surface area (Å²) in [6, 6.07) is 14.6. The number of nitrogens with zero attached hydrogens (tertiary/aromatic N) is 3. The summed E-state index contributed by atoms with van der Waals surface area (Å²) < 4.78 is 1.92. The van der Waals surface area contributed by atoms with Gasteiger partial charge in [0.05, 0.1) is 13.1 Å². The largest absolute Gasteiger partial charge is 0.364 e. The summed E-state index contributed by atoms with van der Waals surface area (Å²) in [6.07, 6.45) is 0. The number of carbonyl (C=O) groups excluding carboxylic acids is 1. The Hall–Kier alpha value is -3.83. The van der Waals surface area contributed by atoms with Crippen molar-refractivity contribution in [2.75, 3.05) is 0 Å². The van der Waals surface area contributed by atoms with E-state index in [4.69, 9.17) is 18.9 Å². The zero-order chi connectivity index (χ0) is 19.6. The van der Waals surface area contributed by atoms with E-state index >= 15 is 0 Å². The molecule has 2 N–H and O–H groups in total. The van der Waals surface area contributed by atoms with Gasteiger partial charge in [0.1, 0.15) is 5.69 Å². The van der Waals surface area contributed by atoms with Crippen LogP contribution in [0.4, 0.5) is 11.4 Å². The van der Waals surface area contributed by atoms with Gasteiger partial charge in [0, 0.05) is 17.8 Å². The van der Waals surface area contributed by atoms with Crippen molar-refractivity contribution in [1.82, 2.24) is 4.57 Å². The minimum absolute atomic E-state index is 0.475. The lowest BCUT2D eigenvalue weighted by atomic mass is 10.0. The molecule has 27 heavy (non-hydrogen) atoms. The van der Waals surface area contributed by atoms with Gasteiger partial charge in [-0.3, -0.25) is 4.79 Å². The number of benzene rings is 2. The smallest absolute Gasteiger partial charge is 0.265 e. The highest BCUT2D eigenvalue weighted by molar-refractivity contribution is 5.96. The Kier molecular flexibility index (Phi) is 4.79. The molecule has 0 fully saturated rings. The van der Waals surface area contributed by atoms with Gasteiger partial charge in [-0.1, -0.05) is 48.5 Å². The number of aromatic nitrogens is 1. The molecule has 0 bridgehead atoms. The Morgan fingerprint density at radius 2 is 1.48 bits per heavy atom. The van der Waals surface area contributed by atoms with Gasteiger partial charge < -0.3 is 10.3 Å². The molecule has 5 nitrogen and oxygen atoms in total. The molecule has 2 aromatic carbocycles. The van der Waals surface area contributed by atoms with Crippen molar-refractivity contribution in [1.29, 1.82) is 0 Å². The van der Waals surface area contributed by atoms with Crippen molar-refractivity contribution in [3.63, 3.8) is 0 Å². The number of primary amides is 1. The number of amides is 1. The minimum Gasteiger partial charge on any atom is -0.364 e. The van der Waals surface area contributed by atoms with E-state index in [0.717, 1.165) is 27.9 Å². The first-order valence-electron chi connectivity index (χ1n) is 8.40. The molecule has 1 amide bonds. The molecule has 0 unspecified atom stereocenters. The predicted octanol–water partition coefficient (Wildman–Crippen LogP) is 5.02. The van der Waals surface area contributed by atoms with Gasteiger partial charge in [0.2, 0.25) is 0 Å². The summed E-state index contributed by atoms with van der Waals surface area (Å²) >= 11 is 0. The molecule has 1 heterocycles. The molecule has 0 saturated carbocycles. The van der Waals surface area contributed by atoms with Crippen molar-refractivity contribution in [2.45, 2.75) is 20.4 Å². The van der Waals surface area contributed by atoms with E-state index in [0.29, 0.717) is 23.6 Å². The van der Waals surface area contributed by atoms with Crippen LogP contribution in [0, 0.1) is 27.0 Å². The quantitative estimate of drug-likeness (QED) is 0.657. The van der Waals surface area contributed by atoms with Crippen molar-refractivity contribution < 1.29 is 4.79 Å². The Bertz CT molecular complexity index is 1090. The van der Waals surface area contributed by atoms with E-state index in [1.165, 1.54) is 0 Å². The van der Waals surface area contributed by atoms with Gasteiger partial charge in [0.15, 0.2) is 11.4 Å². The summed E-state index contributed by atoms with van der Waals surface area (Å²) in [7, 11) is 0. The van der Waals surface area contributed by atoms with Gasteiger partial charge in [0.25, 0.3) is 5.91 Å². The molecule has 0 aliphatic carbocycles. The monoisotopic (exact) mass is 354 g/mol. The van der Waals surface area contributed by atoms with Crippen LogP contribution in [0.1, 0.15) is 27.3 Å². The Morgan fingerprint density at radius 3 is 1.96 bits per heavy atom. The fourth-order valence-corrected chi connectivity index (χ4v) is 3.40. The third-order valence-corrected chi connectivity index (χ3v) is 4.69. The third-order valence-electron chi connectivity index (χ3n) is 4.69. The molecule has 132 valence electrons. The van der Waals surface area contributed by atoms with E-state index in [1.54, 1.807) is 24.3 Å². The number of hydrogen-bond acceptors (Lipinski definition) is 1. The maximum absolute atomic E-state index is 12.2. The molecule has 3 rings (SSSR count). The zero-order valence-electron chi connectivity index (χ0n) is 15.2. The lowest BCUT2D eigenvalue weighted by Gasteiger charge is -2.11. The molecule has 0 radical (unpaired) electrons. The molecule has 5 heteroatoms. The van der Waals surface area contributed by atoms with Crippen LogP contribution in [0.3, 0.4) is 0 Å². The molecular weight excluding hydrogens is 336 g/mol. The van der Waals surface area contributed by atoms with Gasteiger partial charge in [-0.25, -0.2) is 9.69 Å². The summed E-state index contributed by atoms with van der Waals surface area (Å²) in [4.78, 5) is 19.0. The van der Waals surface area contributed by atoms with Gasteiger partial charge in [-0.2, -0.15) is 0 Å². The highest BCUT2D eigenvalue weighted by Gasteiger charge is 2.22. The second-order valence-electron chi connectivity index (χ2n) is 6.32. The van der Waals surface area contributed by atoms with Crippen LogP contribution in [0.5, 0.6) is 0 Å². The molecule has 1 aromatic heterocycles. The summed E-state index contributed by atoms with van der Waals surface area (Å²) in [5.74, 6) is -0.475. The Balaban J connectivity index is 2.11. The van der Waals surface area contributed by atoms with Gasteiger partial charge >= 0.3 is 0 Å². The van der Waals surface area contributed by atoms with Crippen molar-refractivity contribution in [3.05, 3.63) is 93.9 Å². The van der Waals surface area contributed by atoms with E-state index in [2.05, 4.69) is 9.69 Å². The first-order valence-corrected chi connectivity index (χ1v) is 8.40. The van der Waals surface area contributed by atoms with Gasteiger partial charge in [-0.15, -0.1) is 0 Å². The maximum atomic E-state index is 12.2. The van der Waals surface area contributed by atoms with Crippen LogP contribution in [0.15, 0.2) is 48.5 Å². The topological polar surface area (TPSA) is 56.7 Å². The fraction of sp³-hybridized carbons (Fsp3) is 0.136. The van der Waals surface area contributed by atoms with Crippen LogP contribution in [0.2, 0.25) is 0 Å². The van der Waals surface area contributed by atoms with E-state index in [1.807, 2.05) is 42.7 Å². The molecule has 0 atom stereocenters. The maximum Gasteiger partial charge on any atom is 0.265 e. The van der Waals surface area contributed by atoms with Crippen LogP contribution in [-0.4, -0.2) is 10.5 Å². The molecule has 0 spiro atoms. The minimum atomic E-state index is -0.475. The normalized spacial score (nSPS) is 10.2. The highest BCUT2D eigenvalue weighted by atomic mass is 16.1. The first kappa shape index (κ1) is 18.0. The van der Waals surface area contributed by atoms with Crippen LogP contribution in [-0.2, 0) is 6.54 Å². The first-order chi connectivity index (χ1) is 13.0. The number of carbonyl (C=O) groups is 1. The summed E-state index contributed by atoms with van der Waals surface area (Å²) in [5.41, 5.74) is 12.0. The molecule has 3 aromatic rings. The number of hydrogen-bond donors (Lipinski definition) is 1. The van der Waals surface area contributed by atoms with Crippen LogP contribution < -0.4 is 5.73 Å². The molecule has 0 aliphatic heterocycles. The standard InChI is InChI=1S/C22H18N4O/c1-14-20(17-7-11-19(25-4)12-8-17)15(2)26(21(14)22(23)27)13-16-5-9-18(24-3)10-6-16/h5-12H,13H2,1-2H3,(H2,23,27). The fourth-order valence-electron chi connectivity index (χ4n) is 3.40. The predicted molar refractivity (Wildman–Crippen MR) is 106 cm³/mol. The van der Waals surface area contributed by atoms with E-state index in [-0.39, 0.29) is 0 Å². The zero-order valence-corrected chi connectivity index (χ0v) is 15.2. The molecule has 0 saturated heterocycles. The Labute approximate surface area is 158 Å². The SMILES string of the molecule is [C-]#[N+]c1ccc(Cn2c(C)c(-c3ccc([N+]#[C-])cc3)c(C)c2C(N)=O)cc1. The van der Waals surface area contributed by atoms with E-state index in [9.17, 15) is 4.79 Å². The second kappa shape index (κ2) is 7.19. The van der Waals surface area contributed by atoms with Crippen molar-refractivity contribution in [3.8, 4) is 11.1 Å². The summed E-state index contributed by atoms with van der Waals surface area (Å²) in [6.45, 7) is 18.5. The lowest BCUT2D eigenvalue weighted by molar-refractivity contribution is 0.0991. The highest BCUT2D eigenvalue weighted by Crippen LogP contribution is 2.33. The third kappa shape index (κ3) is 3.31. The summed E-state index contributed by atoms with van der Waals surface area (Å²) in [5, 5.41) is 0.